The van der Waals surface area contributed by atoms with E-state index >= 15 is 0 Å². The van der Waals surface area contributed by atoms with E-state index in [-0.39, 0.29) is 19.6 Å². The van der Waals surface area contributed by atoms with Crippen molar-refractivity contribution in [2.24, 2.45) is 5.41 Å². The van der Waals surface area contributed by atoms with Crippen LogP contribution >= 0.6 is 0 Å². The van der Waals surface area contributed by atoms with Crippen molar-refractivity contribution in [3.8, 4) is 0 Å². The second-order valence-electron chi connectivity index (χ2n) is 6.02. The second-order valence-corrected chi connectivity index (χ2v) is 6.02. The Bertz CT molecular complexity index is 619. The van der Waals surface area contributed by atoms with Crippen LogP contribution in [-0.2, 0) is 20.9 Å². The van der Waals surface area contributed by atoms with E-state index in [0.717, 1.165) is 10.5 Å². The molecule has 0 aromatic heterocycles. The summed E-state index contributed by atoms with van der Waals surface area (Å²) in [7, 11) is 1.19. The van der Waals surface area contributed by atoms with Crippen LogP contribution in [-0.4, -0.2) is 59.6 Å². The minimum atomic E-state index is -1.26. The highest BCUT2D eigenvalue weighted by Gasteiger charge is 2.58. The topological polar surface area (TPSA) is 96.3 Å². The van der Waals surface area contributed by atoms with Crippen LogP contribution in [0, 0.1) is 5.41 Å². The number of aliphatic hydroxyl groups excluding tert-OH is 2. The largest absolute Gasteiger partial charge is 0.467 e. The van der Waals surface area contributed by atoms with E-state index in [4.69, 9.17) is 9.47 Å². The van der Waals surface area contributed by atoms with Gasteiger partial charge in [0, 0.05) is 0 Å². The zero-order valence-corrected chi connectivity index (χ0v) is 14.1. The molecule has 136 valence electrons. The van der Waals surface area contributed by atoms with Crippen molar-refractivity contribution in [3.63, 3.8) is 0 Å². The fraction of sp³-hybridized carbons (Fsp3) is 0.444. The lowest BCUT2D eigenvalue weighted by Gasteiger charge is -2.34. The number of carbonyl (C=O) groups excluding carboxylic acids is 2. The molecular weight excluding hydrogens is 326 g/mol. The lowest BCUT2D eigenvalue weighted by Crippen LogP contribution is -2.51. The standard InChI is InChI=1S/C18H23NO6/c1-3-9-18(12-20)14(21)10-19(15(18)16(22)24-2)17(23)25-11-13-7-5-4-6-8-13/h3-8,14-15,20-21H,1,9-12H2,2H3/t14-,15+,18-/m0/s1. The Morgan fingerprint density at radius 1 is 1.40 bits per heavy atom. The van der Waals surface area contributed by atoms with Gasteiger partial charge in [0.2, 0.25) is 0 Å². The van der Waals surface area contributed by atoms with Crippen LogP contribution in [0.25, 0.3) is 0 Å². The Labute approximate surface area is 146 Å². The van der Waals surface area contributed by atoms with Crippen LogP contribution in [0.5, 0.6) is 0 Å². The molecule has 7 nitrogen and oxygen atoms in total. The molecule has 0 aliphatic carbocycles. The molecule has 1 aromatic carbocycles. The molecule has 7 heteroatoms. The van der Waals surface area contributed by atoms with E-state index in [1.807, 2.05) is 18.2 Å². The van der Waals surface area contributed by atoms with Crippen LogP contribution in [0.1, 0.15) is 12.0 Å². The third-order valence-electron chi connectivity index (χ3n) is 4.57. The van der Waals surface area contributed by atoms with E-state index in [2.05, 4.69) is 6.58 Å². The van der Waals surface area contributed by atoms with Gasteiger partial charge in [-0.3, -0.25) is 4.90 Å². The molecule has 2 rings (SSSR count). The zero-order chi connectivity index (χ0) is 18.4. The number of amides is 1. The van der Waals surface area contributed by atoms with Crippen molar-refractivity contribution in [2.75, 3.05) is 20.3 Å². The van der Waals surface area contributed by atoms with Crippen LogP contribution in [0.3, 0.4) is 0 Å². The van der Waals surface area contributed by atoms with Gasteiger partial charge in [0.25, 0.3) is 0 Å². The average Bonchev–Trinajstić information content (AvgIpc) is 2.93. The zero-order valence-electron chi connectivity index (χ0n) is 14.1. The number of carbonyl (C=O) groups is 2. The Kier molecular flexibility index (Phi) is 6.17. The van der Waals surface area contributed by atoms with Crippen LogP contribution in [0.2, 0.25) is 0 Å². The van der Waals surface area contributed by atoms with Crippen molar-refractivity contribution in [3.05, 3.63) is 48.6 Å². The first-order chi connectivity index (χ1) is 12.0. The first-order valence-electron chi connectivity index (χ1n) is 7.95. The normalized spacial score (nSPS) is 25.5. The van der Waals surface area contributed by atoms with Gasteiger partial charge in [0.1, 0.15) is 12.6 Å². The average molecular weight is 349 g/mol. The van der Waals surface area contributed by atoms with E-state index in [1.165, 1.54) is 13.2 Å². The molecule has 1 aromatic rings. The molecule has 0 radical (unpaired) electrons. The summed E-state index contributed by atoms with van der Waals surface area (Å²) in [6.45, 7) is 3.01. The van der Waals surface area contributed by atoms with Crippen LogP contribution < -0.4 is 0 Å². The fourth-order valence-corrected chi connectivity index (χ4v) is 3.19. The first kappa shape index (κ1) is 19.0. The molecule has 1 amide bonds. The maximum atomic E-state index is 12.5. The second kappa shape index (κ2) is 8.13. The summed E-state index contributed by atoms with van der Waals surface area (Å²) in [4.78, 5) is 25.9. The molecule has 1 aliphatic heterocycles. The van der Waals surface area contributed by atoms with E-state index < -0.39 is 36.2 Å². The number of rotatable bonds is 6. The number of hydrogen-bond acceptors (Lipinski definition) is 6. The number of β-amino-alcohol motifs (C(OH)–C–C–N with tert-alkyl or cyclic N) is 1. The third-order valence-corrected chi connectivity index (χ3v) is 4.57. The number of benzene rings is 1. The number of ether oxygens (including phenoxy) is 2. The number of nitrogens with zero attached hydrogens (tertiary/aromatic N) is 1. The summed E-state index contributed by atoms with van der Waals surface area (Å²) in [6, 6.07) is 7.94. The summed E-state index contributed by atoms with van der Waals surface area (Å²) >= 11 is 0. The van der Waals surface area contributed by atoms with Crippen LogP contribution in [0.15, 0.2) is 43.0 Å². The molecule has 2 N–H and O–H groups in total. The lowest BCUT2D eigenvalue weighted by molar-refractivity contribution is -0.151. The molecule has 0 unspecified atom stereocenters. The Hall–Kier alpha value is -2.38. The van der Waals surface area contributed by atoms with Gasteiger partial charge in [-0.1, -0.05) is 36.4 Å². The van der Waals surface area contributed by atoms with Crippen molar-refractivity contribution in [2.45, 2.75) is 25.2 Å². The van der Waals surface area contributed by atoms with Crippen molar-refractivity contribution < 1.29 is 29.3 Å². The van der Waals surface area contributed by atoms with Crippen molar-refractivity contribution in [1.82, 2.24) is 4.90 Å². The molecule has 0 saturated carbocycles. The van der Waals surface area contributed by atoms with Gasteiger partial charge < -0.3 is 19.7 Å². The Morgan fingerprint density at radius 3 is 2.64 bits per heavy atom. The number of likely N-dealkylation sites (tertiary alicyclic amines) is 1. The van der Waals surface area contributed by atoms with Gasteiger partial charge in [0.15, 0.2) is 0 Å². The number of allylic oxidation sites excluding steroid dienone is 1. The number of esters is 1. The molecule has 25 heavy (non-hydrogen) atoms. The Morgan fingerprint density at radius 2 is 2.08 bits per heavy atom. The summed E-state index contributed by atoms with van der Waals surface area (Å²) in [5.41, 5.74) is -0.467. The third kappa shape index (κ3) is 3.67. The highest BCUT2D eigenvalue weighted by Crippen LogP contribution is 2.41. The molecule has 3 atom stereocenters. The van der Waals surface area contributed by atoms with Gasteiger partial charge >= 0.3 is 12.1 Å². The van der Waals surface area contributed by atoms with E-state index in [0.29, 0.717) is 0 Å². The predicted molar refractivity (Wildman–Crippen MR) is 89.5 cm³/mol. The minimum absolute atomic E-state index is 0.0355. The molecule has 1 aliphatic rings. The predicted octanol–water partition coefficient (Wildman–Crippen LogP) is 1.10. The highest BCUT2D eigenvalue weighted by atomic mass is 16.6. The molecular formula is C18H23NO6. The van der Waals surface area contributed by atoms with Gasteiger partial charge in [0.05, 0.1) is 31.8 Å². The van der Waals surface area contributed by atoms with Crippen molar-refractivity contribution >= 4 is 12.1 Å². The van der Waals surface area contributed by atoms with E-state index in [1.54, 1.807) is 12.1 Å². The molecule has 0 spiro atoms. The first-order valence-corrected chi connectivity index (χ1v) is 7.95. The summed E-state index contributed by atoms with van der Waals surface area (Å²) in [5, 5.41) is 20.3. The van der Waals surface area contributed by atoms with Crippen LogP contribution in [0.4, 0.5) is 4.79 Å². The van der Waals surface area contributed by atoms with Crippen molar-refractivity contribution in [1.29, 1.82) is 0 Å². The molecule has 1 fully saturated rings. The number of methoxy groups -OCH3 is 1. The number of aliphatic hydroxyl groups is 2. The van der Waals surface area contributed by atoms with Gasteiger partial charge in [-0.05, 0) is 12.0 Å². The quantitative estimate of drug-likeness (QED) is 0.590. The number of hydrogen-bond donors (Lipinski definition) is 2. The molecule has 1 saturated heterocycles. The highest BCUT2D eigenvalue weighted by molar-refractivity contribution is 5.83. The maximum absolute atomic E-state index is 12.5. The smallest absolute Gasteiger partial charge is 0.410 e. The monoisotopic (exact) mass is 349 g/mol. The maximum Gasteiger partial charge on any atom is 0.410 e. The Balaban J connectivity index is 2.21. The summed E-state index contributed by atoms with van der Waals surface area (Å²) < 4.78 is 10.0. The lowest BCUT2D eigenvalue weighted by atomic mass is 9.76. The van der Waals surface area contributed by atoms with Gasteiger partial charge in [-0.2, -0.15) is 0 Å². The fourth-order valence-electron chi connectivity index (χ4n) is 3.19. The van der Waals surface area contributed by atoms with Gasteiger partial charge in [-0.15, -0.1) is 6.58 Å². The molecule has 1 heterocycles. The minimum Gasteiger partial charge on any atom is -0.467 e. The molecule has 0 bridgehead atoms. The van der Waals surface area contributed by atoms with E-state index in [9.17, 15) is 19.8 Å². The SMILES string of the molecule is C=CC[C@]1(CO)[C@@H](O)CN(C(=O)OCc2ccccc2)[C@@H]1C(=O)OC. The van der Waals surface area contributed by atoms with Gasteiger partial charge in [-0.25, -0.2) is 9.59 Å². The summed E-state index contributed by atoms with van der Waals surface area (Å²) in [5.74, 6) is -0.718. The summed E-state index contributed by atoms with van der Waals surface area (Å²) in [6.07, 6.45) is -0.220.